The Morgan fingerprint density at radius 3 is 2.60 bits per heavy atom. The van der Waals surface area contributed by atoms with Crippen molar-refractivity contribution in [1.82, 2.24) is 5.16 Å². The molecule has 0 aliphatic heterocycles. The highest BCUT2D eigenvalue weighted by Gasteiger charge is 2.18. The quantitative estimate of drug-likeness (QED) is 0.694. The molecule has 25 heavy (non-hydrogen) atoms. The van der Waals surface area contributed by atoms with Crippen LogP contribution in [0.5, 0.6) is 5.75 Å². The Balaban J connectivity index is 2.56. The predicted molar refractivity (Wildman–Crippen MR) is 101 cm³/mol. The number of hydrogen-bond acceptors (Lipinski definition) is 4. The molecule has 1 aromatic carbocycles. The first-order valence-corrected chi connectivity index (χ1v) is 8.73. The standard InChI is InChI=1S/C21H27NO3/c1-6-9-16(10-7-2)21(23)18-11-17(12-19(13-18)24-8-3)20-14(4)22-25-15(20)5/h6,9-13,21,23H,7-8H2,1-5H3/b9-6-,16-10+. The van der Waals surface area contributed by atoms with Gasteiger partial charge in [0.05, 0.1) is 12.3 Å². The molecule has 1 heterocycles. The van der Waals surface area contributed by atoms with Crippen molar-refractivity contribution in [3.8, 4) is 16.9 Å². The van der Waals surface area contributed by atoms with Crippen molar-refractivity contribution in [3.05, 3.63) is 59.0 Å². The minimum atomic E-state index is -0.712. The van der Waals surface area contributed by atoms with E-state index in [1.54, 1.807) is 0 Å². The molecule has 0 saturated heterocycles. The highest BCUT2D eigenvalue weighted by atomic mass is 16.5. The van der Waals surface area contributed by atoms with E-state index >= 15 is 0 Å². The molecule has 0 bridgehead atoms. The third-order valence-electron chi connectivity index (χ3n) is 3.99. The van der Waals surface area contributed by atoms with Crippen LogP contribution in [0.3, 0.4) is 0 Å². The van der Waals surface area contributed by atoms with Gasteiger partial charge in [-0.25, -0.2) is 0 Å². The molecular formula is C21H27NO3. The first kappa shape index (κ1) is 19.0. The molecule has 0 saturated carbocycles. The average molecular weight is 341 g/mol. The fourth-order valence-corrected chi connectivity index (χ4v) is 2.96. The molecule has 2 aromatic rings. The molecule has 1 N–H and O–H groups in total. The molecule has 4 heteroatoms. The van der Waals surface area contributed by atoms with Crippen molar-refractivity contribution < 1.29 is 14.4 Å². The Morgan fingerprint density at radius 1 is 1.28 bits per heavy atom. The molecule has 4 nitrogen and oxygen atoms in total. The molecule has 134 valence electrons. The maximum Gasteiger partial charge on any atom is 0.141 e. The largest absolute Gasteiger partial charge is 0.494 e. The molecule has 0 aliphatic carbocycles. The summed E-state index contributed by atoms with van der Waals surface area (Å²) in [5.41, 5.74) is 4.38. The summed E-state index contributed by atoms with van der Waals surface area (Å²) in [7, 11) is 0. The Kier molecular flexibility index (Phi) is 6.59. The van der Waals surface area contributed by atoms with Crippen molar-refractivity contribution in [2.45, 2.75) is 47.1 Å². The second-order valence-electron chi connectivity index (χ2n) is 5.94. The lowest BCUT2D eigenvalue weighted by atomic mass is 9.95. The summed E-state index contributed by atoms with van der Waals surface area (Å²) in [6.45, 7) is 10.3. The van der Waals surface area contributed by atoms with Crippen LogP contribution in [0.15, 0.2) is 46.5 Å². The zero-order valence-electron chi connectivity index (χ0n) is 15.7. The third kappa shape index (κ3) is 4.40. The predicted octanol–water partition coefficient (Wildman–Crippen LogP) is 5.30. The van der Waals surface area contributed by atoms with E-state index in [1.165, 1.54) is 0 Å². The molecule has 0 aliphatic rings. The van der Waals surface area contributed by atoms with E-state index in [-0.39, 0.29) is 0 Å². The van der Waals surface area contributed by atoms with E-state index < -0.39 is 6.10 Å². The summed E-state index contributed by atoms with van der Waals surface area (Å²) in [5.74, 6) is 1.48. The van der Waals surface area contributed by atoms with Crippen molar-refractivity contribution in [2.75, 3.05) is 6.61 Å². The minimum Gasteiger partial charge on any atom is -0.494 e. The van der Waals surface area contributed by atoms with Gasteiger partial charge in [-0.1, -0.05) is 30.3 Å². The van der Waals surface area contributed by atoms with Crippen LogP contribution in [0.25, 0.3) is 11.1 Å². The molecule has 1 aromatic heterocycles. The first-order valence-electron chi connectivity index (χ1n) is 8.73. The lowest BCUT2D eigenvalue weighted by molar-refractivity contribution is 0.218. The summed E-state index contributed by atoms with van der Waals surface area (Å²) < 4.78 is 11.0. The van der Waals surface area contributed by atoms with E-state index in [1.807, 2.05) is 64.1 Å². The minimum absolute atomic E-state index is 0.563. The van der Waals surface area contributed by atoms with Crippen molar-refractivity contribution in [3.63, 3.8) is 0 Å². The van der Waals surface area contributed by atoms with E-state index in [0.717, 1.165) is 45.9 Å². The molecule has 0 fully saturated rings. The molecule has 1 atom stereocenters. The van der Waals surface area contributed by atoms with Crippen molar-refractivity contribution in [1.29, 1.82) is 0 Å². The lowest BCUT2D eigenvalue weighted by Gasteiger charge is -2.16. The number of nitrogens with zero attached hydrogens (tertiary/aromatic N) is 1. The number of aliphatic hydroxyl groups is 1. The van der Waals surface area contributed by atoms with Crippen LogP contribution in [0.4, 0.5) is 0 Å². The smallest absolute Gasteiger partial charge is 0.141 e. The molecule has 1 unspecified atom stereocenters. The summed E-state index contributed by atoms with van der Waals surface area (Å²) in [6, 6.07) is 5.83. The summed E-state index contributed by atoms with van der Waals surface area (Å²) in [4.78, 5) is 0. The second-order valence-corrected chi connectivity index (χ2v) is 5.94. The van der Waals surface area contributed by atoms with Gasteiger partial charge >= 0.3 is 0 Å². The van der Waals surface area contributed by atoms with Gasteiger partial charge in [0.15, 0.2) is 0 Å². The summed E-state index contributed by atoms with van der Waals surface area (Å²) >= 11 is 0. The maximum atomic E-state index is 10.9. The molecule has 2 rings (SSSR count). The van der Waals surface area contributed by atoms with Crippen LogP contribution in [0.1, 0.15) is 50.3 Å². The van der Waals surface area contributed by atoms with Gasteiger partial charge in [0.2, 0.25) is 0 Å². The van der Waals surface area contributed by atoms with Crippen LogP contribution < -0.4 is 4.74 Å². The Hall–Kier alpha value is -2.33. The lowest BCUT2D eigenvalue weighted by Crippen LogP contribution is -2.02. The second kappa shape index (κ2) is 8.67. The number of aromatic nitrogens is 1. The van der Waals surface area contributed by atoms with E-state index in [2.05, 4.69) is 12.1 Å². The molecule has 0 radical (unpaired) electrons. The third-order valence-corrected chi connectivity index (χ3v) is 3.99. The zero-order chi connectivity index (χ0) is 18.4. The Morgan fingerprint density at radius 2 is 2.04 bits per heavy atom. The molecule has 0 amide bonds. The topological polar surface area (TPSA) is 55.5 Å². The van der Waals surface area contributed by atoms with Crippen molar-refractivity contribution in [2.24, 2.45) is 0 Å². The first-order chi connectivity index (χ1) is 12.0. The average Bonchev–Trinajstić information content (AvgIpc) is 2.92. The summed E-state index contributed by atoms with van der Waals surface area (Å²) in [6.07, 6.45) is 6.06. The molecular weight excluding hydrogens is 314 g/mol. The highest BCUT2D eigenvalue weighted by Crippen LogP contribution is 2.34. The number of allylic oxidation sites excluding steroid dienone is 2. The number of aryl methyl sites for hydroxylation is 2. The normalized spacial score (nSPS) is 13.4. The van der Waals surface area contributed by atoms with Gasteiger partial charge in [-0.05, 0) is 69.0 Å². The number of benzene rings is 1. The monoisotopic (exact) mass is 341 g/mol. The number of hydrogen-bond donors (Lipinski definition) is 1. The molecule has 0 spiro atoms. The maximum absolute atomic E-state index is 10.9. The van der Waals surface area contributed by atoms with Crippen LogP contribution in [0.2, 0.25) is 0 Å². The van der Waals surface area contributed by atoms with Crippen molar-refractivity contribution >= 4 is 0 Å². The van der Waals surface area contributed by atoms with Gasteiger partial charge in [0.25, 0.3) is 0 Å². The number of ether oxygens (including phenoxy) is 1. The van der Waals surface area contributed by atoms with Gasteiger partial charge in [-0.3, -0.25) is 0 Å². The van der Waals surface area contributed by atoms with E-state index in [9.17, 15) is 5.11 Å². The highest BCUT2D eigenvalue weighted by molar-refractivity contribution is 5.70. The van der Waals surface area contributed by atoms with Gasteiger partial charge in [-0.2, -0.15) is 0 Å². The van der Waals surface area contributed by atoms with Gasteiger partial charge < -0.3 is 14.4 Å². The SMILES string of the molecule is C/C=C\C(=C/CC)C(O)c1cc(OCC)cc(-c2c(C)noc2C)c1. The number of aliphatic hydroxyl groups excluding tert-OH is 1. The van der Waals surface area contributed by atoms with Crippen LogP contribution in [-0.4, -0.2) is 16.9 Å². The van der Waals surface area contributed by atoms with E-state index in [4.69, 9.17) is 9.26 Å². The fraction of sp³-hybridized carbons (Fsp3) is 0.381. The number of rotatable bonds is 7. The van der Waals surface area contributed by atoms with Gasteiger partial charge in [-0.15, -0.1) is 0 Å². The van der Waals surface area contributed by atoms with Crippen LogP contribution in [-0.2, 0) is 0 Å². The van der Waals surface area contributed by atoms with Crippen LogP contribution in [0, 0.1) is 13.8 Å². The zero-order valence-corrected chi connectivity index (χ0v) is 15.7. The van der Waals surface area contributed by atoms with Gasteiger partial charge in [0.1, 0.15) is 17.6 Å². The fourth-order valence-electron chi connectivity index (χ4n) is 2.96. The van der Waals surface area contributed by atoms with Gasteiger partial charge in [0, 0.05) is 5.56 Å². The van der Waals surface area contributed by atoms with Crippen LogP contribution >= 0.6 is 0 Å². The Labute approximate surface area is 149 Å². The summed E-state index contributed by atoms with van der Waals surface area (Å²) in [5, 5.41) is 14.9. The Bertz CT molecular complexity index is 752. The van der Waals surface area contributed by atoms with E-state index in [0.29, 0.717) is 6.61 Å².